The van der Waals surface area contributed by atoms with Gasteiger partial charge in [-0.25, -0.2) is 4.39 Å². The molecular formula is C9H9FO3. The van der Waals surface area contributed by atoms with Crippen molar-refractivity contribution in [2.24, 2.45) is 0 Å². The molecule has 4 heteroatoms. The maximum absolute atomic E-state index is 12.4. The van der Waals surface area contributed by atoms with Crippen LogP contribution in [0.1, 0.15) is 5.56 Å². The molecule has 70 valence electrons. The highest BCUT2D eigenvalue weighted by Gasteiger charge is 2.10. The molecule has 0 amide bonds. The van der Waals surface area contributed by atoms with Gasteiger partial charge in [0.2, 0.25) is 6.29 Å². The van der Waals surface area contributed by atoms with Crippen LogP contribution in [0, 0.1) is 5.82 Å². The zero-order valence-corrected chi connectivity index (χ0v) is 6.77. The molecule has 0 bridgehead atoms. The van der Waals surface area contributed by atoms with Crippen molar-refractivity contribution in [3.8, 4) is 0 Å². The fraction of sp³-hybridized carbons (Fsp3) is 0.222. The Labute approximate surface area is 74.4 Å². The standard InChI is InChI=1S/C9H9FO3/c10-7-3-1-6(2-4-7)5-8(11)9(12)13/h1-4,9,12-13H,5H2. The number of carbonyl (C=O) groups is 1. The second kappa shape index (κ2) is 4.11. The quantitative estimate of drug-likeness (QED) is 0.662. The summed E-state index contributed by atoms with van der Waals surface area (Å²) in [7, 11) is 0. The lowest BCUT2D eigenvalue weighted by Gasteiger charge is -2.02. The van der Waals surface area contributed by atoms with Crippen LogP contribution in [0.3, 0.4) is 0 Å². The minimum absolute atomic E-state index is 0.0993. The summed E-state index contributed by atoms with van der Waals surface area (Å²) in [5.74, 6) is -1.09. The second-order valence-electron chi connectivity index (χ2n) is 2.64. The van der Waals surface area contributed by atoms with Crippen LogP contribution in [0.25, 0.3) is 0 Å². The SMILES string of the molecule is O=C(Cc1ccc(F)cc1)C(O)O. The molecule has 0 aromatic heterocycles. The van der Waals surface area contributed by atoms with Crippen LogP contribution in [-0.2, 0) is 11.2 Å². The van der Waals surface area contributed by atoms with Gasteiger partial charge in [0.05, 0.1) is 0 Å². The lowest BCUT2D eigenvalue weighted by atomic mass is 10.1. The summed E-state index contributed by atoms with van der Waals surface area (Å²) < 4.78 is 12.4. The fourth-order valence-corrected chi connectivity index (χ4v) is 0.895. The monoisotopic (exact) mass is 184 g/mol. The van der Waals surface area contributed by atoms with Crippen LogP contribution in [-0.4, -0.2) is 22.3 Å². The lowest BCUT2D eigenvalue weighted by molar-refractivity contribution is -0.144. The van der Waals surface area contributed by atoms with Crippen molar-refractivity contribution in [1.82, 2.24) is 0 Å². The fourth-order valence-electron chi connectivity index (χ4n) is 0.895. The topological polar surface area (TPSA) is 57.5 Å². The van der Waals surface area contributed by atoms with E-state index in [1.54, 1.807) is 0 Å². The smallest absolute Gasteiger partial charge is 0.213 e. The number of Topliss-reactive ketones (excluding diaryl/α,β-unsaturated/α-hetero) is 1. The number of halogens is 1. The van der Waals surface area contributed by atoms with E-state index in [9.17, 15) is 9.18 Å². The first-order valence-corrected chi connectivity index (χ1v) is 3.73. The third-order valence-electron chi connectivity index (χ3n) is 1.58. The molecule has 0 saturated heterocycles. The van der Waals surface area contributed by atoms with Gasteiger partial charge in [-0.05, 0) is 17.7 Å². The first-order valence-electron chi connectivity index (χ1n) is 3.73. The molecule has 0 aliphatic rings. The average molecular weight is 184 g/mol. The van der Waals surface area contributed by atoms with Crippen molar-refractivity contribution in [3.05, 3.63) is 35.6 Å². The molecule has 3 nitrogen and oxygen atoms in total. The summed E-state index contributed by atoms with van der Waals surface area (Å²) in [6, 6.07) is 5.28. The number of benzene rings is 1. The molecule has 13 heavy (non-hydrogen) atoms. The molecule has 0 fully saturated rings. The average Bonchev–Trinajstić information content (AvgIpc) is 2.08. The van der Waals surface area contributed by atoms with E-state index in [-0.39, 0.29) is 12.2 Å². The molecule has 2 N–H and O–H groups in total. The van der Waals surface area contributed by atoms with Crippen molar-refractivity contribution in [3.63, 3.8) is 0 Å². The number of ketones is 1. The van der Waals surface area contributed by atoms with Gasteiger partial charge in [0.25, 0.3) is 0 Å². The first-order chi connectivity index (χ1) is 6.09. The van der Waals surface area contributed by atoms with E-state index >= 15 is 0 Å². The Bertz CT molecular complexity index is 292. The van der Waals surface area contributed by atoms with Gasteiger partial charge < -0.3 is 10.2 Å². The number of aliphatic hydroxyl groups is 2. The molecule has 1 rings (SSSR count). The van der Waals surface area contributed by atoms with E-state index in [1.807, 2.05) is 0 Å². The van der Waals surface area contributed by atoms with Crippen LogP contribution >= 0.6 is 0 Å². The van der Waals surface area contributed by atoms with Crippen molar-refractivity contribution in [2.75, 3.05) is 0 Å². The lowest BCUT2D eigenvalue weighted by Crippen LogP contribution is -2.21. The Morgan fingerprint density at radius 3 is 2.31 bits per heavy atom. The molecule has 1 aromatic rings. The highest BCUT2D eigenvalue weighted by molar-refractivity contribution is 5.83. The van der Waals surface area contributed by atoms with Crippen LogP contribution in [0.4, 0.5) is 4.39 Å². The Kier molecular flexibility index (Phi) is 3.11. The molecule has 0 aliphatic heterocycles. The van der Waals surface area contributed by atoms with Gasteiger partial charge >= 0.3 is 0 Å². The Morgan fingerprint density at radius 1 is 1.31 bits per heavy atom. The second-order valence-corrected chi connectivity index (χ2v) is 2.64. The molecule has 1 aromatic carbocycles. The maximum Gasteiger partial charge on any atom is 0.213 e. The summed E-state index contributed by atoms with van der Waals surface area (Å²) in [4.78, 5) is 10.8. The van der Waals surface area contributed by atoms with Gasteiger partial charge in [0.15, 0.2) is 5.78 Å². The zero-order valence-electron chi connectivity index (χ0n) is 6.77. The van der Waals surface area contributed by atoms with E-state index in [0.717, 1.165) is 0 Å². The van der Waals surface area contributed by atoms with E-state index in [0.29, 0.717) is 5.56 Å². The molecule has 0 atom stereocenters. The predicted molar refractivity (Wildman–Crippen MR) is 43.3 cm³/mol. The van der Waals surface area contributed by atoms with Crippen LogP contribution < -0.4 is 0 Å². The van der Waals surface area contributed by atoms with E-state index in [4.69, 9.17) is 10.2 Å². The van der Waals surface area contributed by atoms with Crippen LogP contribution in [0.2, 0.25) is 0 Å². The number of aliphatic hydroxyl groups excluding tert-OH is 1. The van der Waals surface area contributed by atoms with E-state index in [2.05, 4.69) is 0 Å². The molecule has 0 heterocycles. The zero-order chi connectivity index (χ0) is 9.84. The summed E-state index contributed by atoms with van der Waals surface area (Å²) in [5.41, 5.74) is 0.555. The van der Waals surface area contributed by atoms with Crippen molar-refractivity contribution < 1.29 is 19.4 Å². The summed E-state index contributed by atoms with van der Waals surface area (Å²) in [6.07, 6.45) is -2.05. The third kappa shape index (κ3) is 2.93. The number of rotatable bonds is 3. The van der Waals surface area contributed by atoms with E-state index in [1.165, 1.54) is 24.3 Å². The van der Waals surface area contributed by atoms with Crippen molar-refractivity contribution >= 4 is 5.78 Å². The maximum atomic E-state index is 12.4. The molecule has 0 saturated carbocycles. The predicted octanol–water partition coefficient (Wildman–Crippen LogP) is 0.248. The highest BCUT2D eigenvalue weighted by Crippen LogP contribution is 2.04. The number of hydrogen-bond acceptors (Lipinski definition) is 3. The van der Waals surface area contributed by atoms with Crippen molar-refractivity contribution in [2.45, 2.75) is 12.7 Å². The summed E-state index contributed by atoms with van der Waals surface area (Å²) in [6.45, 7) is 0. The molecule has 0 aliphatic carbocycles. The molecule has 0 radical (unpaired) electrons. The van der Waals surface area contributed by atoms with Crippen molar-refractivity contribution in [1.29, 1.82) is 0 Å². The van der Waals surface area contributed by atoms with Gasteiger partial charge in [-0.2, -0.15) is 0 Å². The van der Waals surface area contributed by atoms with Crippen LogP contribution in [0.5, 0.6) is 0 Å². The minimum atomic E-state index is -1.95. The summed E-state index contributed by atoms with van der Waals surface area (Å²) >= 11 is 0. The third-order valence-corrected chi connectivity index (χ3v) is 1.58. The van der Waals surface area contributed by atoms with Gasteiger partial charge in [-0.15, -0.1) is 0 Å². The number of hydrogen-bond donors (Lipinski definition) is 2. The molecule has 0 spiro atoms. The molecule has 0 unspecified atom stereocenters. The van der Waals surface area contributed by atoms with Gasteiger partial charge in [-0.3, -0.25) is 4.79 Å². The van der Waals surface area contributed by atoms with Gasteiger partial charge in [0.1, 0.15) is 5.82 Å². The highest BCUT2D eigenvalue weighted by atomic mass is 19.1. The molecular weight excluding hydrogens is 175 g/mol. The van der Waals surface area contributed by atoms with Gasteiger partial charge in [0, 0.05) is 6.42 Å². The Hall–Kier alpha value is -1.26. The normalized spacial score (nSPS) is 10.5. The van der Waals surface area contributed by atoms with Gasteiger partial charge in [-0.1, -0.05) is 12.1 Å². The largest absolute Gasteiger partial charge is 0.362 e. The Balaban J connectivity index is 2.65. The Morgan fingerprint density at radius 2 is 1.85 bits per heavy atom. The number of carbonyl (C=O) groups excluding carboxylic acids is 1. The summed E-state index contributed by atoms with van der Waals surface area (Å²) in [5, 5.41) is 16.9. The van der Waals surface area contributed by atoms with E-state index < -0.39 is 12.1 Å². The first kappa shape index (κ1) is 9.83. The van der Waals surface area contributed by atoms with Crippen LogP contribution in [0.15, 0.2) is 24.3 Å². The minimum Gasteiger partial charge on any atom is -0.362 e.